The number of carbonyl (C=O) groups excluding carboxylic acids is 1. The number of amides is 1. The van der Waals surface area contributed by atoms with E-state index < -0.39 is 0 Å². The van der Waals surface area contributed by atoms with Crippen molar-refractivity contribution in [3.8, 4) is 0 Å². The average Bonchev–Trinajstić information content (AvgIpc) is 3.10. The molecule has 1 aliphatic carbocycles. The fourth-order valence-corrected chi connectivity index (χ4v) is 2.08. The maximum Gasteiger partial charge on any atom is 0.221 e. The second kappa shape index (κ2) is 5.82. The molecule has 17 heavy (non-hydrogen) atoms. The van der Waals surface area contributed by atoms with E-state index in [-0.39, 0.29) is 5.91 Å². The van der Waals surface area contributed by atoms with Crippen molar-refractivity contribution in [2.24, 2.45) is 0 Å². The summed E-state index contributed by atoms with van der Waals surface area (Å²) in [5, 5.41) is 6.24. The molecule has 92 valence electrons. The molecule has 1 aromatic carbocycles. The lowest BCUT2D eigenvalue weighted by Crippen LogP contribution is -2.29. The molecule has 3 heteroatoms. The zero-order valence-corrected chi connectivity index (χ0v) is 10.3. The number of carbonyl (C=O) groups is 1. The van der Waals surface area contributed by atoms with Gasteiger partial charge in [0.1, 0.15) is 0 Å². The third kappa shape index (κ3) is 3.56. The first-order valence-corrected chi connectivity index (χ1v) is 6.36. The van der Waals surface area contributed by atoms with Crippen LogP contribution in [-0.2, 0) is 4.79 Å². The Bertz CT molecular complexity index is 364. The van der Waals surface area contributed by atoms with Crippen LogP contribution in [0.1, 0.15) is 31.2 Å². The molecule has 0 spiro atoms. The van der Waals surface area contributed by atoms with Crippen LogP contribution in [0.4, 0.5) is 0 Å². The maximum absolute atomic E-state index is 11.6. The van der Waals surface area contributed by atoms with Gasteiger partial charge in [0, 0.05) is 24.9 Å². The van der Waals surface area contributed by atoms with Crippen LogP contribution in [0.15, 0.2) is 30.3 Å². The topological polar surface area (TPSA) is 41.1 Å². The first-order valence-electron chi connectivity index (χ1n) is 6.36. The molecule has 0 heterocycles. The number of hydrogen-bond donors (Lipinski definition) is 2. The van der Waals surface area contributed by atoms with Crippen LogP contribution in [0.3, 0.4) is 0 Å². The summed E-state index contributed by atoms with van der Waals surface area (Å²) in [7, 11) is 0. The van der Waals surface area contributed by atoms with Crippen LogP contribution in [0.2, 0.25) is 0 Å². The summed E-state index contributed by atoms with van der Waals surface area (Å²) in [4.78, 5) is 11.6. The molecular formula is C14H20N2O. The molecule has 2 unspecified atom stereocenters. The van der Waals surface area contributed by atoms with Crippen molar-refractivity contribution in [3.63, 3.8) is 0 Å². The fraction of sp³-hybridized carbons (Fsp3) is 0.500. The predicted octanol–water partition coefficient (Wildman–Crippen LogP) is 1.66. The molecule has 1 aromatic rings. The predicted molar refractivity (Wildman–Crippen MR) is 68.9 cm³/mol. The normalized spacial score (nSPS) is 22.2. The largest absolute Gasteiger partial charge is 0.353 e. The highest BCUT2D eigenvalue weighted by Gasteiger charge is 2.38. The van der Waals surface area contributed by atoms with Gasteiger partial charge in [-0.2, -0.15) is 0 Å². The molecule has 0 aromatic heterocycles. The minimum absolute atomic E-state index is 0.161. The van der Waals surface area contributed by atoms with Crippen molar-refractivity contribution in [2.75, 3.05) is 13.1 Å². The fourth-order valence-electron chi connectivity index (χ4n) is 2.08. The van der Waals surface area contributed by atoms with E-state index in [1.165, 1.54) is 5.56 Å². The number of rotatable bonds is 6. The molecule has 1 fully saturated rings. The van der Waals surface area contributed by atoms with E-state index in [4.69, 9.17) is 0 Å². The molecule has 3 nitrogen and oxygen atoms in total. The molecule has 0 radical (unpaired) electrons. The molecule has 1 aliphatic rings. The van der Waals surface area contributed by atoms with Gasteiger partial charge in [-0.3, -0.25) is 4.79 Å². The van der Waals surface area contributed by atoms with E-state index in [0.29, 0.717) is 18.4 Å². The lowest BCUT2D eigenvalue weighted by molar-refractivity contribution is -0.121. The highest BCUT2D eigenvalue weighted by molar-refractivity contribution is 5.77. The van der Waals surface area contributed by atoms with Crippen LogP contribution >= 0.6 is 0 Å². The molecule has 0 aliphatic heterocycles. The van der Waals surface area contributed by atoms with Gasteiger partial charge >= 0.3 is 0 Å². The molecule has 1 saturated carbocycles. The van der Waals surface area contributed by atoms with Crippen LogP contribution in [0.5, 0.6) is 0 Å². The summed E-state index contributed by atoms with van der Waals surface area (Å²) >= 11 is 0. The van der Waals surface area contributed by atoms with Crippen molar-refractivity contribution in [1.82, 2.24) is 10.6 Å². The van der Waals surface area contributed by atoms with Crippen LogP contribution in [0.25, 0.3) is 0 Å². The third-order valence-electron chi connectivity index (χ3n) is 3.14. The minimum Gasteiger partial charge on any atom is -0.353 e. The van der Waals surface area contributed by atoms with Crippen molar-refractivity contribution in [3.05, 3.63) is 35.9 Å². The Hall–Kier alpha value is -1.35. The van der Waals surface area contributed by atoms with Gasteiger partial charge < -0.3 is 10.6 Å². The summed E-state index contributed by atoms with van der Waals surface area (Å²) in [6, 6.07) is 10.8. The van der Waals surface area contributed by atoms with Gasteiger partial charge in [-0.05, 0) is 18.5 Å². The van der Waals surface area contributed by atoms with E-state index in [1.807, 2.05) is 13.0 Å². The van der Waals surface area contributed by atoms with Gasteiger partial charge in [-0.25, -0.2) is 0 Å². The number of hydrogen-bond acceptors (Lipinski definition) is 2. The lowest BCUT2D eigenvalue weighted by Gasteiger charge is -2.05. The Morgan fingerprint density at radius 1 is 1.35 bits per heavy atom. The van der Waals surface area contributed by atoms with Gasteiger partial charge in [0.15, 0.2) is 0 Å². The van der Waals surface area contributed by atoms with E-state index in [0.717, 1.165) is 19.5 Å². The zero-order valence-electron chi connectivity index (χ0n) is 10.3. The Kier molecular flexibility index (Phi) is 4.15. The lowest BCUT2D eigenvalue weighted by atomic mass is 10.1. The Morgan fingerprint density at radius 2 is 2.12 bits per heavy atom. The van der Waals surface area contributed by atoms with Crippen LogP contribution in [-0.4, -0.2) is 25.0 Å². The minimum atomic E-state index is 0.161. The van der Waals surface area contributed by atoms with E-state index >= 15 is 0 Å². The quantitative estimate of drug-likeness (QED) is 0.732. The molecule has 2 rings (SSSR count). The Labute approximate surface area is 103 Å². The summed E-state index contributed by atoms with van der Waals surface area (Å²) < 4.78 is 0. The summed E-state index contributed by atoms with van der Waals surface area (Å²) in [5.41, 5.74) is 1.34. The first kappa shape index (κ1) is 12.1. The van der Waals surface area contributed by atoms with Crippen molar-refractivity contribution >= 4 is 5.91 Å². The highest BCUT2D eigenvalue weighted by atomic mass is 16.1. The zero-order chi connectivity index (χ0) is 12.1. The van der Waals surface area contributed by atoms with Gasteiger partial charge in [0.25, 0.3) is 0 Å². The van der Waals surface area contributed by atoms with Gasteiger partial charge in [0.05, 0.1) is 0 Å². The molecule has 1 amide bonds. The highest BCUT2D eigenvalue weighted by Crippen LogP contribution is 2.40. The second-order valence-electron chi connectivity index (χ2n) is 4.53. The van der Waals surface area contributed by atoms with E-state index in [1.54, 1.807) is 0 Å². The van der Waals surface area contributed by atoms with Crippen molar-refractivity contribution < 1.29 is 4.79 Å². The van der Waals surface area contributed by atoms with Crippen LogP contribution < -0.4 is 10.6 Å². The third-order valence-corrected chi connectivity index (χ3v) is 3.14. The second-order valence-corrected chi connectivity index (χ2v) is 4.53. The average molecular weight is 232 g/mol. The van der Waals surface area contributed by atoms with Crippen molar-refractivity contribution in [1.29, 1.82) is 0 Å². The van der Waals surface area contributed by atoms with Gasteiger partial charge in [-0.15, -0.1) is 0 Å². The number of nitrogens with one attached hydrogen (secondary N) is 2. The number of benzene rings is 1. The first-order chi connectivity index (χ1) is 8.31. The summed E-state index contributed by atoms with van der Waals surface area (Å²) in [6.45, 7) is 3.73. The van der Waals surface area contributed by atoms with Crippen LogP contribution in [0, 0.1) is 0 Å². The maximum atomic E-state index is 11.6. The van der Waals surface area contributed by atoms with E-state index in [9.17, 15) is 4.79 Å². The molecule has 0 saturated heterocycles. The molecule has 2 N–H and O–H groups in total. The van der Waals surface area contributed by atoms with E-state index in [2.05, 4.69) is 34.9 Å². The Balaban J connectivity index is 1.71. The molecule has 0 bridgehead atoms. The Morgan fingerprint density at radius 3 is 2.82 bits per heavy atom. The smallest absolute Gasteiger partial charge is 0.221 e. The van der Waals surface area contributed by atoms with Crippen molar-refractivity contribution in [2.45, 2.75) is 31.7 Å². The van der Waals surface area contributed by atoms with Gasteiger partial charge in [-0.1, -0.05) is 37.3 Å². The summed E-state index contributed by atoms with van der Waals surface area (Å²) in [6.07, 6.45) is 1.66. The summed E-state index contributed by atoms with van der Waals surface area (Å²) in [5.74, 6) is 0.689. The molecule has 2 atom stereocenters. The SMILES string of the molecule is CCNCCC(=O)NC1CC1c1ccccc1. The molecular weight excluding hydrogens is 212 g/mol. The standard InChI is InChI=1S/C14H20N2O/c1-2-15-9-8-14(17)16-13-10-12(13)11-6-4-3-5-7-11/h3-7,12-13,15H,2,8-10H2,1H3,(H,16,17). The van der Waals surface area contributed by atoms with Gasteiger partial charge in [0.2, 0.25) is 5.91 Å². The monoisotopic (exact) mass is 232 g/mol.